The van der Waals surface area contributed by atoms with Crippen LogP contribution in [-0.4, -0.2) is 31.2 Å². The van der Waals surface area contributed by atoms with Crippen LogP contribution >= 0.6 is 22.9 Å². The summed E-state index contributed by atoms with van der Waals surface area (Å²) in [6.07, 6.45) is 0.342. The zero-order valence-electron chi connectivity index (χ0n) is 17.6. The molecule has 0 aliphatic heterocycles. The van der Waals surface area contributed by atoms with Gasteiger partial charge in [-0.15, -0.1) is 0 Å². The second-order valence-electron chi connectivity index (χ2n) is 6.94. The summed E-state index contributed by atoms with van der Waals surface area (Å²) in [6, 6.07) is 18.1. The van der Waals surface area contributed by atoms with Crippen molar-refractivity contribution in [3.8, 4) is 28.6 Å². The van der Waals surface area contributed by atoms with E-state index in [0.29, 0.717) is 17.9 Å². The van der Waals surface area contributed by atoms with Crippen molar-refractivity contribution in [2.45, 2.75) is 6.42 Å². The highest BCUT2D eigenvalue weighted by Gasteiger charge is 2.22. The van der Waals surface area contributed by atoms with Crippen molar-refractivity contribution in [1.82, 2.24) is 9.97 Å². The van der Waals surface area contributed by atoms with Crippen LogP contribution in [-0.2, 0) is 16.4 Å². The third-order valence-corrected chi connectivity index (χ3v) is 6.82. The van der Waals surface area contributed by atoms with Gasteiger partial charge in [-0.25, -0.2) is 18.4 Å². The fourth-order valence-electron chi connectivity index (χ4n) is 3.01. The molecule has 0 saturated heterocycles. The number of nitrogens with one attached hydrogen (secondary N) is 1. The van der Waals surface area contributed by atoms with Crippen molar-refractivity contribution in [2.75, 3.05) is 17.6 Å². The van der Waals surface area contributed by atoms with Gasteiger partial charge in [-0.1, -0.05) is 54.1 Å². The van der Waals surface area contributed by atoms with Crippen molar-refractivity contribution < 1.29 is 17.9 Å². The van der Waals surface area contributed by atoms with E-state index in [4.69, 9.17) is 21.1 Å². The molecule has 0 saturated carbocycles. The minimum absolute atomic E-state index is 0.0107. The molecule has 0 unspecified atom stereocenters. The predicted octanol–water partition coefficient (Wildman–Crippen LogP) is 5.64. The number of nitrogens with zero attached hydrogens (tertiary/aromatic N) is 2. The summed E-state index contributed by atoms with van der Waals surface area (Å²) >= 11 is 7.92. The molecule has 0 amide bonds. The molecule has 0 radical (unpaired) electrons. The third-order valence-electron chi connectivity index (χ3n) is 4.64. The van der Waals surface area contributed by atoms with E-state index in [9.17, 15) is 8.42 Å². The van der Waals surface area contributed by atoms with E-state index in [2.05, 4.69) is 14.7 Å². The van der Waals surface area contributed by atoms with Gasteiger partial charge < -0.3 is 9.47 Å². The van der Waals surface area contributed by atoms with Gasteiger partial charge in [0.2, 0.25) is 15.8 Å². The summed E-state index contributed by atoms with van der Waals surface area (Å²) < 4.78 is 39.6. The molecule has 0 spiro atoms. The Hall–Kier alpha value is -3.14. The number of rotatable bonds is 9. The summed E-state index contributed by atoms with van der Waals surface area (Å²) in [6.45, 7) is 0. The topological polar surface area (TPSA) is 90.4 Å². The Morgan fingerprint density at radius 1 is 1.00 bits per heavy atom. The Labute approximate surface area is 201 Å². The lowest BCUT2D eigenvalue weighted by molar-refractivity contribution is 0.378. The predicted molar refractivity (Wildman–Crippen MR) is 131 cm³/mol. The Morgan fingerprint density at radius 2 is 1.73 bits per heavy atom. The van der Waals surface area contributed by atoms with Gasteiger partial charge in [0, 0.05) is 10.9 Å². The standard InChI is InChI=1S/C23H20ClN3O4S2/c1-30-18-9-5-6-10-19(18)31-20-21(24)25-22(17-11-13-32-15-17)26-23(20)27-33(28,29)14-12-16-7-3-2-4-8-16/h2-11,13,15H,12,14H2,1H3,(H,25,26,27). The number of sulfonamides is 1. The Morgan fingerprint density at radius 3 is 2.42 bits per heavy atom. The van der Waals surface area contributed by atoms with E-state index in [0.717, 1.165) is 11.1 Å². The van der Waals surface area contributed by atoms with Gasteiger partial charge in [0.25, 0.3) is 0 Å². The fourth-order valence-corrected chi connectivity index (χ4v) is 4.89. The van der Waals surface area contributed by atoms with Crippen molar-refractivity contribution in [2.24, 2.45) is 0 Å². The van der Waals surface area contributed by atoms with Gasteiger partial charge in [0.05, 0.1) is 12.9 Å². The van der Waals surface area contributed by atoms with Gasteiger partial charge in [-0.2, -0.15) is 11.3 Å². The molecule has 0 bridgehead atoms. The molecule has 0 aliphatic carbocycles. The average Bonchev–Trinajstić information content (AvgIpc) is 3.36. The van der Waals surface area contributed by atoms with E-state index < -0.39 is 10.0 Å². The highest BCUT2D eigenvalue weighted by molar-refractivity contribution is 7.92. The fraction of sp³-hybridized carbons (Fsp3) is 0.130. The number of para-hydroxylation sites is 2. The number of hydrogen-bond donors (Lipinski definition) is 1. The second-order valence-corrected chi connectivity index (χ2v) is 9.92. The largest absolute Gasteiger partial charge is 0.493 e. The first-order chi connectivity index (χ1) is 15.9. The summed E-state index contributed by atoms with van der Waals surface area (Å²) in [5.41, 5.74) is 1.63. The number of benzene rings is 2. The molecule has 33 heavy (non-hydrogen) atoms. The zero-order valence-corrected chi connectivity index (χ0v) is 20.0. The van der Waals surface area contributed by atoms with E-state index in [1.165, 1.54) is 18.4 Å². The number of thiophene rings is 1. The molecule has 0 aliphatic rings. The maximum atomic E-state index is 12.9. The van der Waals surface area contributed by atoms with Crippen molar-refractivity contribution in [3.63, 3.8) is 0 Å². The van der Waals surface area contributed by atoms with Gasteiger partial charge in [-0.3, -0.25) is 4.72 Å². The van der Waals surface area contributed by atoms with E-state index >= 15 is 0 Å². The molecule has 2 aromatic heterocycles. The van der Waals surface area contributed by atoms with Crippen LogP contribution in [0.25, 0.3) is 11.4 Å². The molecule has 2 heterocycles. The lowest BCUT2D eigenvalue weighted by Gasteiger charge is -2.16. The van der Waals surface area contributed by atoms with Gasteiger partial charge in [-0.05, 0) is 35.6 Å². The zero-order chi connectivity index (χ0) is 23.3. The van der Waals surface area contributed by atoms with E-state index in [1.54, 1.807) is 24.3 Å². The number of anilines is 1. The first-order valence-corrected chi connectivity index (χ1v) is 12.9. The third kappa shape index (κ3) is 5.81. The quantitative estimate of drug-likeness (QED) is 0.298. The maximum absolute atomic E-state index is 12.9. The minimum atomic E-state index is -3.77. The molecule has 170 valence electrons. The summed E-state index contributed by atoms with van der Waals surface area (Å²) in [5, 5.41) is 3.69. The molecule has 2 aromatic carbocycles. The maximum Gasteiger partial charge on any atom is 0.234 e. The number of methoxy groups -OCH3 is 1. The molecule has 4 rings (SSSR count). The molecule has 1 N–H and O–H groups in total. The smallest absolute Gasteiger partial charge is 0.234 e. The number of aromatic nitrogens is 2. The number of ether oxygens (including phenoxy) is 2. The summed E-state index contributed by atoms with van der Waals surface area (Å²) in [7, 11) is -2.27. The van der Waals surface area contributed by atoms with Gasteiger partial charge >= 0.3 is 0 Å². The molecule has 0 atom stereocenters. The molecule has 0 fully saturated rings. The average molecular weight is 502 g/mol. The number of hydrogen-bond acceptors (Lipinski definition) is 7. The van der Waals surface area contributed by atoms with Gasteiger partial charge in [0.1, 0.15) is 0 Å². The highest BCUT2D eigenvalue weighted by Crippen LogP contribution is 2.39. The lowest BCUT2D eigenvalue weighted by atomic mass is 10.2. The van der Waals surface area contributed by atoms with Crippen LogP contribution in [0, 0.1) is 0 Å². The normalized spacial score (nSPS) is 11.2. The molecular weight excluding hydrogens is 482 g/mol. The monoisotopic (exact) mass is 501 g/mol. The molecule has 7 nitrogen and oxygen atoms in total. The highest BCUT2D eigenvalue weighted by atomic mass is 35.5. The first kappa shape index (κ1) is 23.0. The second kappa shape index (κ2) is 10.2. The molecular formula is C23H20ClN3O4S2. The Bertz CT molecular complexity index is 1330. The Kier molecular flexibility index (Phi) is 7.12. The van der Waals surface area contributed by atoms with E-state index in [-0.39, 0.29) is 28.3 Å². The summed E-state index contributed by atoms with van der Waals surface area (Å²) in [5.74, 6) is 0.889. The SMILES string of the molecule is COc1ccccc1Oc1c(Cl)nc(-c2ccsc2)nc1NS(=O)(=O)CCc1ccccc1. The van der Waals surface area contributed by atoms with Crippen molar-refractivity contribution >= 4 is 38.8 Å². The summed E-state index contributed by atoms with van der Waals surface area (Å²) in [4.78, 5) is 8.73. The van der Waals surface area contributed by atoms with E-state index in [1.807, 2.05) is 47.2 Å². The molecule has 10 heteroatoms. The van der Waals surface area contributed by atoms with Gasteiger partial charge in [0.15, 0.2) is 28.3 Å². The Balaban J connectivity index is 1.69. The number of aryl methyl sites for hydroxylation is 1. The number of halogens is 1. The van der Waals surface area contributed by atoms with Crippen LogP contribution in [0.4, 0.5) is 5.82 Å². The van der Waals surface area contributed by atoms with Crippen LogP contribution in [0.3, 0.4) is 0 Å². The van der Waals surface area contributed by atoms with Crippen molar-refractivity contribution in [3.05, 3.63) is 82.1 Å². The lowest BCUT2D eigenvalue weighted by Crippen LogP contribution is -2.20. The van der Waals surface area contributed by atoms with Crippen LogP contribution in [0.1, 0.15) is 5.56 Å². The minimum Gasteiger partial charge on any atom is -0.493 e. The molecule has 4 aromatic rings. The van der Waals surface area contributed by atoms with Crippen LogP contribution < -0.4 is 14.2 Å². The first-order valence-electron chi connectivity index (χ1n) is 9.90. The van der Waals surface area contributed by atoms with Crippen LogP contribution in [0.2, 0.25) is 5.15 Å². The van der Waals surface area contributed by atoms with Crippen LogP contribution in [0.5, 0.6) is 17.2 Å². The van der Waals surface area contributed by atoms with Crippen molar-refractivity contribution in [1.29, 1.82) is 0 Å². The van der Waals surface area contributed by atoms with Crippen LogP contribution in [0.15, 0.2) is 71.4 Å².